The first-order valence-electron chi connectivity index (χ1n) is 4.59. The van der Waals surface area contributed by atoms with Gasteiger partial charge in [-0.2, -0.15) is 5.26 Å². The van der Waals surface area contributed by atoms with Gasteiger partial charge < -0.3 is 0 Å². The summed E-state index contributed by atoms with van der Waals surface area (Å²) in [5, 5.41) is 8.55. The molecule has 1 aromatic rings. The molecule has 0 radical (unpaired) electrons. The molecule has 1 aromatic heterocycles. The predicted molar refractivity (Wildman–Crippen MR) is 54.4 cm³/mol. The van der Waals surface area contributed by atoms with Crippen molar-refractivity contribution in [3.05, 3.63) is 29.6 Å². The quantitative estimate of drug-likeness (QED) is 0.659. The average molecular weight is 176 g/mol. The highest BCUT2D eigenvalue weighted by Crippen LogP contribution is 2.13. The van der Waals surface area contributed by atoms with Crippen molar-refractivity contribution in [1.29, 1.82) is 5.26 Å². The summed E-state index contributed by atoms with van der Waals surface area (Å²) in [5.74, 6) is 0.441. The van der Waals surface area contributed by atoms with E-state index in [-0.39, 0.29) is 0 Å². The molecule has 2 heteroatoms. The van der Waals surface area contributed by atoms with Gasteiger partial charge in [-0.3, -0.25) is 4.98 Å². The normalized spacial score (nSPS) is 8.62. The fraction of sp³-hybridized carbons (Fsp3) is 0.455. The van der Waals surface area contributed by atoms with Crippen molar-refractivity contribution in [3.8, 4) is 6.07 Å². The number of nitriles is 1. The highest BCUT2D eigenvalue weighted by molar-refractivity contribution is 5.30. The Morgan fingerprint density at radius 2 is 1.92 bits per heavy atom. The number of hydrogen-bond acceptors (Lipinski definition) is 2. The lowest BCUT2D eigenvalue weighted by Crippen LogP contribution is -1.89. The summed E-state index contributed by atoms with van der Waals surface area (Å²) >= 11 is 0. The highest BCUT2D eigenvalue weighted by atomic mass is 14.6. The molecule has 0 amide bonds. The number of nitrogens with zero attached hydrogens (tertiary/aromatic N) is 2. The van der Waals surface area contributed by atoms with Crippen LogP contribution in [0.4, 0.5) is 0 Å². The van der Waals surface area contributed by atoms with Crippen LogP contribution in [0.25, 0.3) is 0 Å². The lowest BCUT2D eigenvalue weighted by atomic mass is 10.0. The average Bonchev–Trinajstić information content (AvgIpc) is 2.21. The summed E-state index contributed by atoms with van der Waals surface area (Å²) in [4.78, 5) is 3.95. The molecule has 0 saturated heterocycles. The first-order chi connectivity index (χ1) is 6.24. The molecule has 0 aromatic carbocycles. The van der Waals surface area contributed by atoms with E-state index in [0.717, 1.165) is 5.56 Å². The van der Waals surface area contributed by atoms with Crippen molar-refractivity contribution < 1.29 is 0 Å². The van der Waals surface area contributed by atoms with Crippen LogP contribution in [0.3, 0.4) is 0 Å². The van der Waals surface area contributed by atoms with Crippen LogP contribution in [-0.2, 0) is 0 Å². The van der Waals surface area contributed by atoms with Gasteiger partial charge in [-0.1, -0.05) is 27.7 Å². The number of pyridine rings is 1. The first kappa shape index (κ1) is 11.6. The Balaban J connectivity index is 0.000000671. The molecule has 0 saturated carbocycles. The van der Waals surface area contributed by atoms with E-state index in [1.807, 2.05) is 19.9 Å². The molecule has 0 spiro atoms. The van der Waals surface area contributed by atoms with E-state index in [0.29, 0.717) is 11.5 Å². The molecule has 0 unspecified atom stereocenters. The fourth-order valence-corrected chi connectivity index (χ4v) is 0.835. The van der Waals surface area contributed by atoms with Crippen LogP contribution in [0.15, 0.2) is 18.5 Å². The first-order valence-corrected chi connectivity index (χ1v) is 4.59. The smallest absolute Gasteiger partial charge is 0.101 e. The molecule has 2 nitrogen and oxygen atoms in total. The lowest BCUT2D eigenvalue weighted by Gasteiger charge is -2.02. The second-order valence-electron chi connectivity index (χ2n) is 2.77. The third kappa shape index (κ3) is 3.71. The predicted octanol–water partition coefficient (Wildman–Crippen LogP) is 3.10. The molecule has 1 rings (SSSR count). The second-order valence-corrected chi connectivity index (χ2v) is 2.77. The number of hydrogen-bond donors (Lipinski definition) is 0. The van der Waals surface area contributed by atoms with Crippen molar-refractivity contribution >= 4 is 0 Å². The van der Waals surface area contributed by atoms with Gasteiger partial charge in [0, 0.05) is 12.4 Å². The van der Waals surface area contributed by atoms with Crippen molar-refractivity contribution in [2.24, 2.45) is 0 Å². The minimum atomic E-state index is 0.441. The molecule has 0 aliphatic carbocycles. The number of aromatic nitrogens is 1. The molecule has 13 heavy (non-hydrogen) atoms. The van der Waals surface area contributed by atoms with Crippen LogP contribution in [0.5, 0.6) is 0 Å². The second kappa shape index (κ2) is 6.19. The van der Waals surface area contributed by atoms with Gasteiger partial charge in [0.25, 0.3) is 0 Å². The van der Waals surface area contributed by atoms with Gasteiger partial charge in [0.1, 0.15) is 6.07 Å². The zero-order chi connectivity index (χ0) is 10.3. The van der Waals surface area contributed by atoms with Gasteiger partial charge in [-0.05, 0) is 17.5 Å². The molecular formula is C11H16N2. The van der Waals surface area contributed by atoms with Crippen molar-refractivity contribution in [1.82, 2.24) is 4.98 Å². The van der Waals surface area contributed by atoms with E-state index in [9.17, 15) is 0 Å². The topological polar surface area (TPSA) is 36.7 Å². The Morgan fingerprint density at radius 3 is 2.38 bits per heavy atom. The van der Waals surface area contributed by atoms with E-state index in [1.165, 1.54) is 0 Å². The summed E-state index contributed by atoms with van der Waals surface area (Å²) in [6.45, 7) is 8.16. The summed E-state index contributed by atoms with van der Waals surface area (Å²) in [5.41, 5.74) is 1.75. The maximum atomic E-state index is 8.55. The minimum absolute atomic E-state index is 0.441. The van der Waals surface area contributed by atoms with Crippen molar-refractivity contribution in [3.63, 3.8) is 0 Å². The van der Waals surface area contributed by atoms with Crippen LogP contribution in [-0.4, -0.2) is 4.98 Å². The molecule has 0 aliphatic heterocycles. The van der Waals surface area contributed by atoms with Crippen LogP contribution in [0.1, 0.15) is 44.7 Å². The Morgan fingerprint density at radius 1 is 1.31 bits per heavy atom. The standard InChI is InChI=1S/C9H10N2.C2H6/c1-7(2)9-3-8(4-10)5-11-6-9;1-2/h3,5-7H,1-2H3;1-2H3. The van der Waals surface area contributed by atoms with Crippen LogP contribution in [0, 0.1) is 11.3 Å². The van der Waals surface area contributed by atoms with E-state index in [2.05, 4.69) is 24.9 Å². The third-order valence-corrected chi connectivity index (χ3v) is 1.56. The van der Waals surface area contributed by atoms with Crippen molar-refractivity contribution in [2.75, 3.05) is 0 Å². The van der Waals surface area contributed by atoms with Gasteiger partial charge in [-0.15, -0.1) is 0 Å². The number of rotatable bonds is 1. The minimum Gasteiger partial charge on any atom is -0.263 e. The van der Waals surface area contributed by atoms with E-state index >= 15 is 0 Å². The molecule has 0 fully saturated rings. The molecule has 70 valence electrons. The molecule has 0 aliphatic rings. The Bertz CT molecular complexity index is 284. The van der Waals surface area contributed by atoms with Crippen LogP contribution < -0.4 is 0 Å². The lowest BCUT2D eigenvalue weighted by molar-refractivity contribution is 0.857. The van der Waals surface area contributed by atoms with E-state index in [1.54, 1.807) is 12.4 Å². The molecule has 0 bridgehead atoms. The van der Waals surface area contributed by atoms with E-state index < -0.39 is 0 Å². The van der Waals surface area contributed by atoms with E-state index in [4.69, 9.17) is 5.26 Å². The zero-order valence-electron chi connectivity index (χ0n) is 8.70. The fourth-order valence-electron chi connectivity index (χ4n) is 0.835. The molecule has 1 heterocycles. The van der Waals surface area contributed by atoms with Gasteiger partial charge in [0.2, 0.25) is 0 Å². The maximum absolute atomic E-state index is 8.55. The van der Waals surface area contributed by atoms with Gasteiger partial charge in [-0.25, -0.2) is 0 Å². The van der Waals surface area contributed by atoms with Gasteiger partial charge in [0.15, 0.2) is 0 Å². The Kier molecular flexibility index (Phi) is 5.54. The summed E-state index contributed by atoms with van der Waals surface area (Å²) < 4.78 is 0. The largest absolute Gasteiger partial charge is 0.263 e. The molecule has 0 atom stereocenters. The third-order valence-electron chi connectivity index (χ3n) is 1.56. The van der Waals surface area contributed by atoms with Gasteiger partial charge >= 0.3 is 0 Å². The maximum Gasteiger partial charge on any atom is 0.101 e. The summed E-state index contributed by atoms with van der Waals surface area (Å²) in [6.07, 6.45) is 3.37. The monoisotopic (exact) mass is 176 g/mol. The van der Waals surface area contributed by atoms with Crippen LogP contribution in [0.2, 0.25) is 0 Å². The zero-order valence-corrected chi connectivity index (χ0v) is 8.70. The summed E-state index contributed by atoms with van der Waals surface area (Å²) in [6, 6.07) is 3.93. The Hall–Kier alpha value is -1.36. The molecule has 0 N–H and O–H groups in total. The SMILES string of the molecule is CC.CC(C)c1cncc(C#N)c1. The highest BCUT2D eigenvalue weighted by Gasteiger charge is 1.99. The van der Waals surface area contributed by atoms with Crippen molar-refractivity contribution in [2.45, 2.75) is 33.6 Å². The van der Waals surface area contributed by atoms with Crippen LogP contribution >= 0.6 is 0 Å². The Labute approximate surface area is 80.2 Å². The summed E-state index contributed by atoms with van der Waals surface area (Å²) in [7, 11) is 0. The molecular weight excluding hydrogens is 160 g/mol. The van der Waals surface area contributed by atoms with Gasteiger partial charge in [0.05, 0.1) is 5.56 Å².